The summed E-state index contributed by atoms with van der Waals surface area (Å²) in [6.45, 7) is 2.16. The molecule has 3 nitrogen and oxygen atoms in total. The van der Waals surface area contributed by atoms with Gasteiger partial charge < -0.3 is 4.74 Å². The summed E-state index contributed by atoms with van der Waals surface area (Å²) < 4.78 is 5.50. The maximum Gasteiger partial charge on any atom is 0.313 e. The highest BCUT2D eigenvalue weighted by Gasteiger charge is 2.35. The fraction of sp³-hybridized carbons (Fsp3) is 0.417. The Morgan fingerprint density at radius 3 is 2.75 bits per heavy atom. The lowest BCUT2D eigenvalue weighted by molar-refractivity contribution is -0.146. The molecule has 2 aliphatic rings. The summed E-state index contributed by atoms with van der Waals surface area (Å²) in [6.07, 6.45) is 4.58. The first-order chi connectivity index (χ1) is 13.6. The van der Waals surface area contributed by atoms with Gasteiger partial charge in [0.15, 0.2) is 5.78 Å². The van der Waals surface area contributed by atoms with Gasteiger partial charge in [0.2, 0.25) is 0 Å². The van der Waals surface area contributed by atoms with Crippen LogP contribution in [0.25, 0.3) is 0 Å². The Morgan fingerprint density at radius 2 is 1.93 bits per heavy atom. The van der Waals surface area contributed by atoms with Crippen molar-refractivity contribution in [3.8, 4) is 0 Å². The van der Waals surface area contributed by atoms with E-state index in [-0.39, 0.29) is 24.4 Å². The molecule has 1 aliphatic heterocycles. The van der Waals surface area contributed by atoms with Crippen molar-refractivity contribution in [1.29, 1.82) is 0 Å². The zero-order valence-electron chi connectivity index (χ0n) is 16.2. The third-order valence-corrected chi connectivity index (χ3v) is 7.29. The lowest BCUT2D eigenvalue weighted by Crippen LogP contribution is -2.27. The molecule has 1 unspecified atom stereocenters. The summed E-state index contributed by atoms with van der Waals surface area (Å²) in [5.41, 5.74) is 2.74. The van der Waals surface area contributed by atoms with Gasteiger partial charge >= 0.3 is 5.97 Å². The molecule has 1 aliphatic carbocycles. The summed E-state index contributed by atoms with van der Waals surface area (Å²) in [5, 5.41) is 0. The van der Waals surface area contributed by atoms with E-state index in [1.807, 2.05) is 55.5 Å². The zero-order chi connectivity index (χ0) is 19.5. The van der Waals surface area contributed by atoms with Crippen LogP contribution >= 0.6 is 11.8 Å². The van der Waals surface area contributed by atoms with E-state index < -0.39 is 0 Å². The molecule has 4 rings (SSSR count). The second-order valence-electron chi connectivity index (χ2n) is 7.90. The molecule has 0 bridgehead atoms. The maximum absolute atomic E-state index is 13.0. The van der Waals surface area contributed by atoms with Crippen LogP contribution in [0.3, 0.4) is 0 Å². The first kappa shape index (κ1) is 19.3. The molecule has 4 heteroatoms. The van der Waals surface area contributed by atoms with Gasteiger partial charge in [-0.3, -0.25) is 9.59 Å². The van der Waals surface area contributed by atoms with Gasteiger partial charge in [-0.1, -0.05) is 49.2 Å². The third kappa shape index (κ3) is 4.02. The predicted octanol–water partition coefficient (Wildman–Crippen LogP) is 5.63. The van der Waals surface area contributed by atoms with Crippen LogP contribution in [0, 0.1) is 11.8 Å². The number of fused-ring (bicyclic) bond motifs is 2. The van der Waals surface area contributed by atoms with Crippen LogP contribution in [0.5, 0.6) is 0 Å². The molecule has 0 N–H and O–H groups in total. The van der Waals surface area contributed by atoms with E-state index in [4.69, 9.17) is 4.74 Å². The Kier molecular flexibility index (Phi) is 5.86. The fourth-order valence-corrected chi connectivity index (χ4v) is 5.61. The Hall–Kier alpha value is -2.07. The lowest BCUT2D eigenvalue weighted by Gasteiger charge is -2.28. The molecule has 0 amide bonds. The number of carbonyl (C=O) groups excluding carboxylic acids is 2. The summed E-state index contributed by atoms with van der Waals surface area (Å²) in [6, 6.07) is 15.6. The minimum absolute atomic E-state index is 0.182. The number of thioether (sulfide) groups is 1. The van der Waals surface area contributed by atoms with E-state index >= 15 is 0 Å². The van der Waals surface area contributed by atoms with E-state index in [1.54, 1.807) is 11.8 Å². The molecule has 2 aromatic carbocycles. The molecule has 1 heterocycles. The summed E-state index contributed by atoms with van der Waals surface area (Å²) in [5.74, 6) is 1.39. The van der Waals surface area contributed by atoms with Crippen LogP contribution in [0.2, 0.25) is 0 Å². The highest BCUT2D eigenvalue weighted by molar-refractivity contribution is 7.99. The van der Waals surface area contributed by atoms with Gasteiger partial charge in [-0.2, -0.15) is 0 Å². The van der Waals surface area contributed by atoms with Crippen LogP contribution in [-0.2, 0) is 16.1 Å². The number of hydrogen-bond donors (Lipinski definition) is 0. The molecule has 1 saturated carbocycles. The number of Topliss-reactive ketones (excluding diaryl/α,β-unsaturated/α-hetero) is 1. The van der Waals surface area contributed by atoms with Crippen molar-refractivity contribution in [2.24, 2.45) is 11.8 Å². The van der Waals surface area contributed by atoms with Crippen molar-refractivity contribution in [2.45, 2.75) is 50.0 Å². The fourth-order valence-electron chi connectivity index (χ4n) is 4.27. The molecular formula is C24H26O3S. The smallest absolute Gasteiger partial charge is 0.313 e. The minimum atomic E-state index is -0.352. The topological polar surface area (TPSA) is 43.4 Å². The molecule has 146 valence electrons. The van der Waals surface area contributed by atoms with Crippen molar-refractivity contribution >= 4 is 23.5 Å². The van der Waals surface area contributed by atoms with Crippen molar-refractivity contribution in [3.05, 3.63) is 65.2 Å². The van der Waals surface area contributed by atoms with Gasteiger partial charge in [0.25, 0.3) is 0 Å². The van der Waals surface area contributed by atoms with E-state index in [2.05, 4.69) is 0 Å². The predicted molar refractivity (Wildman–Crippen MR) is 112 cm³/mol. The molecule has 0 spiro atoms. The zero-order valence-corrected chi connectivity index (χ0v) is 17.0. The first-order valence-corrected chi connectivity index (χ1v) is 11.1. The Morgan fingerprint density at radius 1 is 1.14 bits per heavy atom. The number of ether oxygens (including phenoxy) is 1. The molecule has 28 heavy (non-hydrogen) atoms. The summed E-state index contributed by atoms with van der Waals surface area (Å²) in [7, 11) is 0. The number of carbonyl (C=O) groups is 2. The largest absolute Gasteiger partial charge is 0.460 e. The van der Waals surface area contributed by atoms with Crippen molar-refractivity contribution < 1.29 is 14.3 Å². The van der Waals surface area contributed by atoms with Crippen molar-refractivity contribution in [2.75, 3.05) is 5.75 Å². The maximum atomic E-state index is 13.0. The highest BCUT2D eigenvalue weighted by atomic mass is 32.2. The van der Waals surface area contributed by atoms with Gasteiger partial charge in [-0.25, -0.2) is 0 Å². The van der Waals surface area contributed by atoms with Crippen molar-refractivity contribution in [1.82, 2.24) is 0 Å². The first-order valence-electron chi connectivity index (χ1n) is 10.1. The average molecular weight is 395 g/mol. The lowest BCUT2D eigenvalue weighted by atomic mass is 9.76. The summed E-state index contributed by atoms with van der Waals surface area (Å²) in [4.78, 5) is 26.6. The second kappa shape index (κ2) is 8.52. The van der Waals surface area contributed by atoms with E-state index in [0.717, 1.165) is 46.6 Å². The average Bonchev–Trinajstić information content (AvgIpc) is 2.89. The van der Waals surface area contributed by atoms with Crippen LogP contribution in [-0.4, -0.2) is 17.5 Å². The van der Waals surface area contributed by atoms with Crippen LogP contribution in [0.15, 0.2) is 53.4 Å². The standard InChI is InChI=1S/C24H26O3S/c1-16(24(26)27-14-17-7-3-2-4-8-17)18-11-12-21-22(13-18)28-15-19-9-5-6-10-20(19)23(21)25/h2-4,7-8,11-13,16,19-20H,5-6,9-10,14-15H2,1H3/t16?,19-,20+/m1/s1. The SMILES string of the molecule is CC(C(=O)OCc1ccccc1)c1ccc2c(c1)SC[C@H]1CCCC[C@@H]1C2=O. The molecule has 0 saturated heterocycles. The number of rotatable bonds is 4. The number of benzene rings is 2. The number of esters is 1. The van der Waals surface area contributed by atoms with Gasteiger partial charge in [0.05, 0.1) is 5.92 Å². The highest BCUT2D eigenvalue weighted by Crippen LogP contribution is 2.42. The Labute approximate surface area is 170 Å². The third-order valence-electron chi connectivity index (χ3n) is 6.05. The van der Waals surface area contributed by atoms with Gasteiger partial charge in [-0.15, -0.1) is 11.8 Å². The van der Waals surface area contributed by atoms with Gasteiger partial charge in [0, 0.05) is 22.1 Å². The second-order valence-corrected chi connectivity index (χ2v) is 8.96. The Bertz CT molecular complexity index is 861. The van der Waals surface area contributed by atoms with Crippen LogP contribution in [0.4, 0.5) is 0 Å². The molecule has 0 aromatic heterocycles. The molecule has 2 aromatic rings. The number of ketones is 1. The van der Waals surface area contributed by atoms with Crippen LogP contribution in [0.1, 0.15) is 60.0 Å². The van der Waals surface area contributed by atoms with Crippen LogP contribution < -0.4 is 0 Å². The molecular weight excluding hydrogens is 368 g/mol. The molecule has 0 radical (unpaired) electrons. The van der Waals surface area contributed by atoms with Gasteiger partial charge in [-0.05, 0) is 48.9 Å². The minimum Gasteiger partial charge on any atom is -0.460 e. The Balaban J connectivity index is 1.48. The molecule has 1 fully saturated rings. The van der Waals surface area contributed by atoms with Crippen molar-refractivity contribution in [3.63, 3.8) is 0 Å². The number of hydrogen-bond acceptors (Lipinski definition) is 4. The normalized spacial score (nSPS) is 22.5. The van der Waals surface area contributed by atoms with E-state index in [0.29, 0.717) is 11.7 Å². The van der Waals surface area contributed by atoms with E-state index in [1.165, 1.54) is 6.42 Å². The summed E-state index contributed by atoms with van der Waals surface area (Å²) >= 11 is 1.78. The van der Waals surface area contributed by atoms with Gasteiger partial charge in [0.1, 0.15) is 6.61 Å². The molecule has 3 atom stereocenters. The quantitative estimate of drug-likeness (QED) is 0.631. The monoisotopic (exact) mass is 394 g/mol. The van der Waals surface area contributed by atoms with E-state index in [9.17, 15) is 9.59 Å².